The number of hydrogen-bond donors (Lipinski definition) is 0. The van der Waals surface area contributed by atoms with E-state index in [1.807, 2.05) is 35.2 Å². The van der Waals surface area contributed by atoms with Crippen LogP contribution in [0.2, 0.25) is 0 Å². The van der Waals surface area contributed by atoms with E-state index in [0.29, 0.717) is 17.5 Å². The third-order valence-corrected chi connectivity index (χ3v) is 7.55. The number of benzene rings is 1. The molecule has 2 aliphatic rings. The summed E-state index contributed by atoms with van der Waals surface area (Å²) in [6.07, 6.45) is 8.16. The molecule has 0 spiro atoms. The standard InChI is InChI=1S/C24H22N4O2S/c29-24(20-14-16-7-2-4-10-19(16)31-20)28-13-5-9-18(28)22-26-27-23(30-22)21-17-8-3-1-6-15(17)11-12-25-21/h1,3,6,8,11-12,14,18H,2,4-5,7,9-10,13H2/t18-/m0/s1. The molecule has 1 aliphatic carbocycles. The largest absolute Gasteiger partial charge is 0.417 e. The van der Waals surface area contributed by atoms with Crippen molar-refractivity contribution in [2.45, 2.75) is 44.6 Å². The van der Waals surface area contributed by atoms with Gasteiger partial charge in [0.15, 0.2) is 0 Å². The van der Waals surface area contributed by atoms with Crippen LogP contribution in [0.4, 0.5) is 0 Å². The molecule has 7 heteroatoms. The molecule has 3 aromatic heterocycles. The van der Waals surface area contributed by atoms with Gasteiger partial charge < -0.3 is 9.32 Å². The van der Waals surface area contributed by atoms with Crippen molar-refractivity contribution in [3.05, 3.63) is 63.8 Å². The van der Waals surface area contributed by atoms with Crippen LogP contribution < -0.4 is 0 Å². The predicted molar refractivity (Wildman–Crippen MR) is 119 cm³/mol. The predicted octanol–water partition coefficient (Wildman–Crippen LogP) is 5.20. The number of aromatic nitrogens is 3. The van der Waals surface area contributed by atoms with Crippen molar-refractivity contribution in [1.82, 2.24) is 20.1 Å². The molecule has 6 rings (SSSR count). The Morgan fingerprint density at radius 2 is 2.00 bits per heavy atom. The fourth-order valence-electron chi connectivity index (χ4n) is 4.76. The van der Waals surface area contributed by atoms with Gasteiger partial charge in [-0.2, -0.15) is 0 Å². The summed E-state index contributed by atoms with van der Waals surface area (Å²) in [5.41, 5.74) is 2.04. The Kier molecular flexibility index (Phi) is 4.56. The van der Waals surface area contributed by atoms with Gasteiger partial charge in [0.1, 0.15) is 11.7 Å². The maximum Gasteiger partial charge on any atom is 0.267 e. The monoisotopic (exact) mass is 430 g/mol. The molecule has 4 heterocycles. The van der Waals surface area contributed by atoms with E-state index in [-0.39, 0.29) is 11.9 Å². The number of hydrogen-bond acceptors (Lipinski definition) is 6. The Morgan fingerprint density at radius 1 is 1.10 bits per heavy atom. The van der Waals surface area contributed by atoms with Gasteiger partial charge in [0.25, 0.3) is 11.8 Å². The number of nitrogens with zero attached hydrogens (tertiary/aromatic N) is 4. The highest BCUT2D eigenvalue weighted by atomic mass is 32.1. The molecule has 1 atom stereocenters. The van der Waals surface area contributed by atoms with Gasteiger partial charge in [-0.1, -0.05) is 24.3 Å². The quantitative estimate of drug-likeness (QED) is 0.447. The summed E-state index contributed by atoms with van der Waals surface area (Å²) in [5, 5.41) is 10.7. The van der Waals surface area contributed by atoms with E-state index in [4.69, 9.17) is 4.42 Å². The number of amides is 1. The van der Waals surface area contributed by atoms with Gasteiger partial charge >= 0.3 is 0 Å². The molecule has 1 fully saturated rings. The fraction of sp³-hybridized carbons (Fsp3) is 0.333. The molecule has 0 bridgehead atoms. The molecule has 0 unspecified atom stereocenters. The summed E-state index contributed by atoms with van der Waals surface area (Å²) < 4.78 is 6.08. The smallest absolute Gasteiger partial charge is 0.267 e. The van der Waals surface area contributed by atoms with E-state index in [1.54, 1.807) is 17.5 Å². The van der Waals surface area contributed by atoms with Crippen LogP contribution in [0, 0.1) is 0 Å². The second-order valence-electron chi connectivity index (χ2n) is 8.25. The zero-order valence-electron chi connectivity index (χ0n) is 17.1. The summed E-state index contributed by atoms with van der Waals surface area (Å²) in [7, 11) is 0. The lowest BCUT2D eigenvalue weighted by Crippen LogP contribution is -2.30. The van der Waals surface area contributed by atoms with Crippen molar-refractivity contribution in [3.8, 4) is 11.6 Å². The van der Waals surface area contributed by atoms with Crippen LogP contribution in [0.1, 0.15) is 57.7 Å². The normalized spacial score (nSPS) is 18.5. The Balaban J connectivity index is 1.30. The summed E-state index contributed by atoms with van der Waals surface area (Å²) >= 11 is 1.66. The summed E-state index contributed by atoms with van der Waals surface area (Å²) in [5.74, 6) is 0.986. The molecule has 31 heavy (non-hydrogen) atoms. The summed E-state index contributed by atoms with van der Waals surface area (Å²) in [4.78, 5) is 21.9. The highest BCUT2D eigenvalue weighted by Gasteiger charge is 2.35. The van der Waals surface area contributed by atoms with E-state index < -0.39 is 0 Å². The van der Waals surface area contributed by atoms with Crippen molar-refractivity contribution in [3.63, 3.8) is 0 Å². The average molecular weight is 431 g/mol. The molecule has 156 valence electrons. The minimum atomic E-state index is -0.178. The molecule has 1 aromatic carbocycles. The Labute approximate surface area is 183 Å². The number of aryl methyl sites for hydroxylation is 2. The zero-order valence-corrected chi connectivity index (χ0v) is 17.9. The molecular formula is C24H22N4O2S. The minimum Gasteiger partial charge on any atom is -0.417 e. The van der Waals surface area contributed by atoms with Crippen molar-refractivity contribution in [1.29, 1.82) is 0 Å². The maximum atomic E-state index is 13.3. The van der Waals surface area contributed by atoms with Crippen LogP contribution in [-0.2, 0) is 12.8 Å². The SMILES string of the molecule is O=C(c1cc2c(s1)CCCC2)N1CCC[C@H]1c1nnc(-c2nccc3ccccc23)o1. The summed E-state index contributed by atoms with van der Waals surface area (Å²) in [6.45, 7) is 0.719. The number of fused-ring (bicyclic) bond motifs is 2. The number of carbonyl (C=O) groups is 1. The average Bonchev–Trinajstić information content (AvgIpc) is 3.57. The lowest BCUT2D eigenvalue weighted by Gasteiger charge is -2.21. The molecule has 1 saturated heterocycles. The van der Waals surface area contributed by atoms with Crippen molar-refractivity contribution < 1.29 is 9.21 Å². The van der Waals surface area contributed by atoms with Gasteiger partial charge in [-0.05, 0) is 61.6 Å². The summed E-state index contributed by atoms with van der Waals surface area (Å²) in [6, 6.07) is 11.9. The van der Waals surface area contributed by atoms with Gasteiger partial charge in [0.05, 0.1) is 4.88 Å². The maximum absolute atomic E-state index is 13.3. The fourth-order valence-corrected chi connectivity index (χ4v) is 5.97. The van der Waals surface area contributed by atoms with Gasteiger partial charge in [0, 0.05) is 23.0 Å². The first-order chi connectivity index (χ1) is 15.3. The lowest BCUT2D eigenvalue weighted by molar-refractivity contribution is 0.0721. The molecule has 0 N–H and O–H groups in total. The zero-order chi connectivity index (χ0) is 20.8. The van der Waals surface area contributed by atoms with Crippen LogP contribution in [0.15, 0.2) is 47.0 Å². The third-order valence-electron chi connectivity index (χ3n) is 6.32. The van der Waals surface area contributed by atoms with E-state index in [1.165, 1.54) is 23.3 Å². The Bertz CT molecular complexity index is 1250. The Hall–Kier alpha value is -3.06. The van der Waals surface area contributed by atoms with Crippen molar-refractivity contribution in [2.75, 3.05) is 6.54 Å². The van der Waals surface area contributed by atoms with Gasteiger partial charge in [-0.15, -0.1) is 21.5 Å². The van der Waals surface area contributed by atoms with E-state index in [9.17, 15) is 4.79 Å². The first-order valence-corrected chi connectivity index (χ1v) is 11.7. The van der Waals surface area contributed by atoms with Crippen LogP contribution in [0.3, 0.4) is 0 Å². The lowest BCUT2D eigenvalue weighted by atomic mass is 9.99. The molecule has 0 saturated carbocycles. The van der Waals surface area contributed by atoms with E-state index in [2.05, 4.69) is 21.2 Å². The molecule has 4 aromatic rings. The molecule has 6 nitrogen and oxygen atoms in total. The van der Waals surface area contributed by atoms with Crippen LogP contribution in [0.25, 0.3) is 22.4 Å². The number of carbonyl (C=O) groups excluding carboxylic acids is 1. The van der Waals surface area contributed by atoms with Crippen LogP contribution in [0.5, 0.6) is 0 Å². The van der Waals surface area contributed by atoms with Crippen LogP contribution in [-0.4, -0.2) is 32.5 Å². The highest BCUT2D eigenvalue weighted by Crippen LogP contribution is 2.37. The first kappa shape index (κ1) is 18.7. The molecule has 1 amide bonds. The topological polar surface area (TPSA) is 72.1 Å². The Morgan fingerprint density at radius 3 is 2.94 bits per heavy atom. The van der Waals surface area contributed by atoms with Gasteiger partial charge in [-0.25, -0.2) is 0 Å². The second kappa shape index (κ2) is 7.57. The first-order valence-electron chi connectivity index (χ1n) is 10.9. The van der Waals surface area contributed by atoms with Crippen molar-refractivity contribution in [2.24, 2.45) is 0 Å². The van der Waals surface area contributed by atoms with E-state index >= 15 is 0 Å². The van der Waals surface area contributed by atoms with E-state index in [0.717, 1.165) is 47.9 Å². The van der Waals surface area contributed by atoms with Gasteiger partial charge in [-0.3, -0.25) is 9.78 Å². The van der Waals surface area contributed by atoms with Crippen LogP contribution >= 0.6 is 11.3 Å². The molecular weight excluding hydrogens is 408 g/mol. The number of likely N-dealkylation sites (tertiary alicyclic amines) is 1. The highest BCUT2D eigenvalue weighted by molar-refractivity contribution is 7.14. The second-order valence-corrected chi connectivity index (χ2v) is 9.39. The van der Waals surface area contributed by atoms with Gasteiger partial charge in [0.2, 0.25) is 5.89 Å². The van der Waals surface area contributed by atoms with Crippen molar-refractivity contribution >= 4 is 28.0 Å². The number of pyridine rings is 1. The molecule has 1 aliphatic heterocycles. The number of rotatable bonds is 3. The molecule has 0 radical (unpaired) electrons. The third kappa shape index (κ3) is 3.24. The minimum absolute atomic E-state index is 0.0879. The number of thiophene rings is 1.